The van der Waals surface area contributed by atoms with Crippen LogP contribution in [0.15, 0.2) is 58.2 Å². The van der Waals surface area contributed by atoms with Crippen LogP contribution in [0.5, 0.6) is 0 Å². The third-order valence-electron chi connectivity index (χ3n) is 4.14. The topological polar surface area (TPSA) is 88.9 Å². The Bertz CT molecular complexity index is 1040. The maximum absolute atomic E-state index is 13.6. The van der Waals surface area contributed by atoms with Crippen molar-refractivity contribution in [2.24, 2.45) is 7.05 Å². The minimum atomic E-state index is -0.561. The summed E-state index contributed by atoms with van der Waals surface area (Å²) < 4.78 is 16.3. The Labute approximate surface area is 185 Å². The first kappa shape index (κ1) is 22.0. The van der Waals surface area contributed by atoms with Gasteiger partial charge in [-0.3, -0.25) is 9.59 Å². The van der Waals surface area contributed by atoms with Crippen LogP contribution in [-0.2, 0) is 18.3 Å². The summed E-state index contributed by atoms with van der Waals surface area (Å²) in [6, 6.07) is 13.1. The molecule has 0 fully saturated rings. The second-order valence-corrected chi connectivity index (χ2v) is 8.15. The summed E-state index contributed by atoms with van der Waals surface area (Å²) >= 11 is 4.62. The van der Waals surface area contributed by atoms with Crippen molar-refractivity contribution < 1.29 is 14.0 Å². The van der Waals surface area contributed by atoms with Crippen molar-refractivity contribution in [2.45, 2.75) is 11.6 Å². The summed E-state index contributed by atoms with van der Waals surface area (Å²) in [5.41, 5.74) is 0.719. The van der Waals surface area contributed by atoms with E-state index in [2.05, 4.69) is 36.8 Å². The average molecular weight is 492 g/mol. The van der Waals surface area contributed by atoms with E-state index in [-0.39, 0.29) is 23.8 Å². The Morgan fingerprint density at radius 3 is 2.60 bits per heavy atom. The maximum atomic E-state index is 13.6. The van der Waals surface area contributed by atoms with Gasteiger partial charge < -0.3 is 15.2 Å². The van der Waals surface area contributed by atoms with E-state index in [0.29, 0.717) is 23.1 Å². The quantitative estimate of drug-likeness (QED) is 0.471. The van der Waals surface area contributed by atoms with E-state index in [4.69, 9.17) is 0 Å². The molecule has 156 valence electrons. The number of carbonyl (C=O) groups is 2. The summed E-state index contributed by atoms with van der Waals surface area (Å²) in [6.07, 6.45) is 0.426. The minimum Gasteiger partial charge on any atom is -0.351 e. The van der Waals surface area contributed by atoms with Crippen LogP contribution in [0.3, 0.4) is 0 Å². The number of anilines is 1. The van der Waals surface area contributed by atoms with Gasteiger partial charge in [0, 0.05) is 30.2 Å². The molecule has 0 spiro atoms. The standard InChI is InChI=1S/C20H19BrFN5O2S/c1-27-17(10-11-23-19(29)15-4-2-3-5-16(15)22)25-26-20(27)30-12-18(28)24-14-8-6-13(21)7-9-14/h2-9H,10-12H2,1H3,(H,23,29)(H,24,28). The highest BCUT2D eigenvalue weighted by atomic mass is 79.9. The molecule has 0 saturated heterocycles. The summed E-state index contributed by atoms with van der Waals surface area (Å²) in [4.78, 5) is 24.2. The van der Waals surface area contributed by atoms with Gasteiger partial charge in [-0.1, -0.05) is 39.8 Å². The fraction of sp³-hybridized carbons (Fsp3) is 0.200. The van der Waals surface area contributed by atoms with E-state index in [9.17, 15) is 14.0 Å². The van der Waals surface area contributed by atoms with Gasteiger partial charge in [0.2, 0.25) is 5.91 Å². The van der Waals surface area contributed by atoms with Crippen molar-refractivity contribution in [1.29, 1.82) is 0 Å². The molecule has 2 amide bonds. The SMILES string of the molecule is Cn1c(CCNC(=O)c2ccccc2F)nnc1SCC(=O)Nc1ccc(Br)cc1. The molecule has 1 aromatic heterocycles. The van der Waals surface area contributed by atoms with Gasteiger partial charge >= 0.3 is 0 Å². The molecule has 3 rings (SSSR count). The van der Waals surface area contributed by atoms with Crippen LogP contribution in [0, 0.1) is 5.82 Å². The number of nitrogens with zero attached hydrogens (tertiary/aromatic N) is 3. The molecule has 2 N–H and O–H groups in total. The molecular formula is C20H19BrFN5O2S. The van der Waals surface area contributed by atoms with Gasteiger partial charge in [-0.15, -0.1) is 10.2 Å². The lowest BCUT2D eigenvalue weighted by atomic mass is 10.2. The number of hydrogen-bond donors (Lipinski definition) is 2. The third-order valence-corrected chi connectivity index (χ3v) is 5.69. The summed E-state index contributed by atoms with van der Waals surface area (Å²) in [5.74, 6) is -0.349. The second kappa shape index (κ2) is 10.4. The molecule has 10 heteroatoms. The Morgan fingerprint density at radius 1 is 1.13 bits per heavy atom. The van der Waals surface area contributed by atoms with Crippen molar-refractivity contribution in [2.75, 3.05) is 17.6 Å². The largest absolute Gasteiger partial charge is 0.351 e. The number of aromatic nitrogens is 3. The summed E-state index contributed by atoms with van der Waals surface area (Å²) in [6.45, 7) is 0.286. The first-order chi connectivity index (χ1) is 14.4. The number of rotatable bonds is 8. The van der Waals surface area contributed by atoms with Crippen molar-refractivity contribution in [3.63, 3.8) is 0 Å². The molecular weight excluding hydrogens is 473 g/mol. The number of thioether (sulfide) groups is 1. The van der Waals surface area contributed by atoms with Gasteiger partial charge in [0.15, 0.2) is 5.16 Å². The monoisotopic (exact) mass is 491 g/mol. The summed E-state index contributed by atoms with van der Waals surface area (Å²) in [5, 5.41) is 14.3. The molecule has 0 bridgehead atoms. The molecule has 2 aromatic carbocycles. The van der Waals surface area contributed by atoms with Crippen molar-refractivity contribution >= 4 is 45.2 Å². The number of hydrogen-bond acceptors (Lipinski definition) is 5. The molecule has 30 heavy (non-hydrogen) atoms. The number of benzene rings is 2. The fourth-order valence-corrected chi connectivity index (χ4v) is 3.57. The Kier molecular flexibility index (Phi) is 7.58. The molecule has 0 radical (unpaired) electrons. The summed E-state index contributed by atoms with van der Waals surface area (Å²) in [7, 11) is 1.79. The minimum absolute atomic E-state index is 0.00324. The van der Waals surface area contributed by atoms with Gasteiger partial charge in [0.25, 0.3) is 5.91 Å². The normalized spacial score (nSPS) is 10.6. The van der Waals surface area contributed by atoms with E-state index in [1.54, 1.807) is 17.7 Å². The third kappa shape index (κ3) is 5.90. The second-order valence-electron chi connectivity index (χ2n) is 6.29. The lowest BCUT2D eigenvalue weighted by molar-refractivity contribution is -0.113. The molecule has 0 aliphatic heterocycles. The zero-order valence-corrected chi connectivity index (χ0v) is 18.5. The number of amides is 2. The van der Waals surface area contributed by atoms with E-state index in [0.717, 1.165) is 4.47 Å². The van der Waals surface area contributed by atoms with E-state index >= 15 is 0 Å². The molecule has 0 unspecified atom stereocenters. The lowest BCUT2D eigenvalue weighted by Crippen LogP contribution is -2.27. The number of nitrogens with one attached hydrogen (secondary N) is 2. The lowest BCUT2D eigenvalue weighted by Gasteiger charge is -2.07. The van der Waals surface area contributed by atoms with Crippen LogP contribution in [0.25, 0.3) is 0 Å². The van der Waals surface area contributed by atoms with E-state index in [1.807, 2.05) is 24.3 Å². The van der Waals surface area contributed by atoms with Crippen molar-refractivity contribution in [1.82, 2.24) is 20.1 Å². The average Bonchev–Trinajstić information content (AvgIpc) is 3.08. The zero-order chi connectivity index (χ0) is 21.5. The Balaban J connectivity index is 1.47. The predicted molar refractivity (Wildman–Crippen MR) is 117 cm³/mol. The molecule has 0 atom stereocenters. The Hall–Kier alpha value is -2.72. The Morgan fingerprint density at radius 2 is 1.87 bits per heavy atom. The van der Waals surface area contributed by atoms with Crippen LogP contribution in [0.2, 0.25) is 0 Å². The van der Waals surface area contributed by atoms with Gasteiger partial charge in [-0.25, -0.2) is 4.39 Å². The smallest absolute Gasteiger partial charge is 0.254 e. The number of carbonyl (C=O) groups excluding carboxylic acids is 2. The highest BCUT2D eigenvalue weighted by Crippen LogP contribution is 2.18. The highest BCUT2D eigenvalue weighted by molar-refractivity contribution is 9.10. The zero-order valence-electron chi connectivity index (χ0n) is 16.1. The predicted octanol–water partition coefficient (Wildman–Crippen LogP) is 3.42. The molecule has 3 aromatic rings. The van der Waals surface area contributed by atoms with Gasteiger partial charge in [0.05, 0.1) is 11.3 Å². The first-order valence-corrected chi connectivity index (χ1v) is 10.8. The van der Waals surface area contributed by atoms with Gasteiger partial charge in [-0.05, 0) is 36.4 Å². The highest BCUT2D eigenvalue weighted by Gasteiger charge is 2.13. The van der Waals surface area contributed by atoms with Crippen LogP contribution >= 0.6 is 27.7 Å². The number of halogens is 2. The first-order valence-electron chi connectivity index (χ1n) is 9.03. The van der Waals surface area contributed by atoms with Crippen molar-refractivity contribution in [3.05, 3.63) is 70.2 Å². The van der Waals surface area contributed by atoms with Crippen LogP contribution in [0.4, 0.5) is 10.1 Å². The fourth-order valence-electron chi connectivity index (χ4n) is 2.58. The molecule has 0 saturated carbocycles. The molecule has 0 aliphatic carbocycles. The van der Waals surface area contributed by atoms with Gasteiger partial charge in [0.1, 0.15) is 11.6 Å². The van der Waals surface area contributed by atoms with E-state index < -0.39 is 11.7 Å². The van der Waals surface area contributed by atoms with Crippen LogP contribution < -0.4 is 10.6 Å². The molecule has 1 heterocycles. The van der Waals surface area contributed by atoms with Crippen molar-refractivity contribution in [3.8, 4) is 0 Å². The van der Waals surface area contributed by atoms with E-state index in [1.165, 1.54) is 30.0 Å². The van der Waals surface area contributed by atoms with Gasteiger partial charge in [-0.2, -0.15) is 0 Å². The molecule has 0 aliphatic rings. The maximum Gasteiger partial charge on any atom is 0.254 e. The molecule has 7 nitrogen and oxygen atoms in total. The van der Waals surface area contributed by atoms with Crippen LogP contribution in [0.1, 0.15) is 16.2 Å². The van der Waals surface area contributed by atoms with Crippen LogP contribution in [-0.4, -0.2) is 38.9 Å².